The van der Waals surface area contributed by atoms with E-state index in [2.05, 4.69) is 15.4 Å². The number of amides is 1. The molecular formula is C14H17FN4O. The molecule has 0 saturated heterocycles. The van der Waals surface area contributed by atoms with Crippen molar-refractivity contribution in [1.29, 1.82) is 0 Å². The van der Waals surface area contributed by atoms with Crippen LogP contribution in [0.2, 0.25) is 0 Å². The maximum Gasteiger partial charge on any atom is 0.225 e. The summed E-state index contributed by atoms with van der Waals surface area (Å²) in [5.74, 6) is -0.537. The van der Waals surface area contributed by atoms with Crippen molar-refractivity contribution in [2.24, 2.45) is 0 Å². The first-order chi connectivity index (χ1) is 9.58. The molecule has 0 spiro atoms. The molecule has 0 aromatic carbocycles. The van der Waals surface area contributed by atoms with E-state index < -0.39 is 5.82 Å². The number of hydrogen-bond acceptors (Lipinski definition) is 3. The molecule has 1 atom stereocenters. The van der Waals surface area contributed by atoms with Crippen molar-refractivity contribution < 1.29 is 9.18 Å². The highest BCUT2D eigenvalue weighted by atomic mass is 19.1. The van der Waals surface area contributed by atoms with Crippen molar-refractivity contribution in [3.63, 3.8) is 0 Å². The second kappa shape index (κ2) is 6.27. The summed E-state index contributed by atoms with van der Waals surface area (Å²) in [7, 11) is 0. The van der Waals surface area contributed by atoms with E-state index in [-0.39, 0.29) is 18.4 Å². The van der Waals surface area contributed by atoms with E-state index in [0.29, 0.717) is 5.56 Å². The van der Waals surface area contributed by atoms with Gasteiger partial charge in [-0.25, -0.2) is 4.39 Å². The van der Waals surface area contributed by atoms with Gasteiger partial charge in [0, 0.05) is 18.9 Å². The summed E-state index contributed by atoms with van der Waals surface area (Å²) in [4.78, 5) is 15.7. The van der Waals surface area contributed by atoms with Crippen LogP contribution in [0.5, 0.6) is 0 Å². The summed E-state index contributed by atoms with van der Waals surface area (Å²) < 4.78 is 14.8. The number of pyridine rings is 1. The van der Waals surface area contributed by atoms with Gasteiger partial charge in [-0.05, 0) is 31.0 Å². The number of halogens is 1. The molecule has 0 fully saturated rings. The Balaban J connectivity index is 1.94. The van der Waals surface area contributed by atoms with E-state index in [1.54, 1.807) is 24.0 Å². The molecule has 1 amide bonds. The maximum absolute atomic E-state index is 13.1. The Labute approximate surface area is 116 Å². The molecule has 6 heteroatoms. The van der Waals surface area contributed by atoms with Gasteiger partial charge < -0.3 is 5.32 Å². The quantitative estimate of drug-likeness (QED) is 0.906. The molecule has 1 N–H and O–H groups in total. The van der Waals surface area contributed by atoms with Crippen molar-refractivity contribution in [2.75, 3.05) is 0 Å². The van der Waals surface area contributed by atoms with E-state index in [9.17, 15) is 9.18 Å². The molecule has 2 rings (SSSR count). The third-order valence-corrected chi connectivity index (χ3v) is 2.98. The Morgan fingerprint density at radius 2 is 2.25 bits per heavy atom. The first-order valence-electron chi connectivity index (χ1n) is 6.49. The monoisotopic (exact) mass is 276 g/mol. The molecule has 0 saturated carbocycles. The molecular weight excluding hydrogens is 259 g/mol. The molecule has 0 aliphatic rings. The summed E-state index contributed by atoms with van der Waals surface area (Å²) in [5, 5.41) is 6.93. The third-order valence-electron chi connectivity index (χ3n) is 2.98. The van der Waals surface area contributed by atoms with Crippen LogP contribution in [0.3, 0.4) is 0 Å². The highest BCUT2D eigenvalue weighted by molar-refractivity contribution is 5.78. The Kier molecular flexibility index (Phi) is 4.45. The number of nitrogens with one attached hydrogen (secondary N) is 1. The second-order valence-corrected chi connectivity index (χ2v) is 4.61. The third kappa shape index (κ3) is 3.63. The molecule has 0 unspecified atom stereocenters. The summed E-state index contributed by atoms with van der Waals surface area (Å²) >= 11 is 0. The molecule has 2 aromatic heterocycles. The van der Waals surface area contributed by atoms with Crippen molar-refractivity contribution in [3.8, 4) is 0 Å². The zero-order valence-electron chi connectivity index (χ0n) is 11.5. The maximum atomic E-state index is 13.1. The fourth-order valence-electron chi connectivity index (χ4n) is 1.90. The Morgan fingerprint density at radius 1 is 1.45 bits per heavy atom. The standard InChI is InChI=1S/C14H17FN4O/c1-3-19-9-11(6-17-19)4-14(20)18-10(2)12-5-13(15)8-16-7-12/h5-10H,3-4H2,1-2H3,(H,18,20)/t10-/m1/s1. The minimum absolute atomic E-state index is 0.127. The molecule has 20 heavy (non-hydrogen) atoms. The summed E-state index contributed by atoms with van der Waals surface area (Å²) in [6.45, 7) is 4.55. The van der Waals surface area contributed by atoms with Crippen LogP contribution in [0, 0.1) is 5.82 Å². The molecule has 5 nitrogen and oxygen atoms in total. The summed E-state index contributed by atoms with van der Waals surface area (Å²) in [6.07, 6.45) is 6.46. The van der Waals surface area contributed by atoms with Crippen LogP contribution >= 0.6 is 0 Å². The predicted octanol–water partition coefficient (Wildman–Crippen LogP) is 1.86. The minimum atomic E-state index is -0.409. The predicted molar refractivity (Wildman–Crippen MR) is 72.4 cm³/mol. The van der Waals surface area contributed by atoms with Gasteiger partial charge in [0.15, 0.2) is 0 Å². The molecule has 106 valence electrons. The van der Waals surface area contributed by atoms with Crippen LogP contribution < -0.4 is 5.32 Å². The molecule has 0 bridgehead atoms. The number of nitrogens with zero attached hydrogens (tertiary/aromatic N) is 3. The van der Waals surface area contributed by atoms with Crippen LogP contribution in [0.4, 0.5) is 4.39 Å². The van der Waals surface area contributed by atoms with Gasteiger partial charge in [0.1, 0.15) is 5.82 Å². The van der Waals surface area contributed by atoms with Gasteiger partial charge in [0.05, 0.1) is 24.9 Å². The van der Waals surface area contributed by atoms with Gasteiger partial charge in [0.25, 0.3) is 0 Å². The summed E-state index contributed by atoms with van der Waals surface area (Å²) in [5.41, 5.74) is 1.50. The minimum Gasteiger partial charge on any atom is -0.349 e. The zero-order valence-corrected chi connectivity index (χ0v) is 11.5. The van der Waals surface area contributed by atoms with Gasteiger partial charge in [-0.1, -0.05) is 0 Å². The SMILES string of the molecule is CCn1cc(CC(=O)N[C@H](C)c2cncc(F)c2)cn1. The highest BCUT2D eigenvalue weighted by Gasteiger charge is 2.12. The van der Waals surface area contributed by atoms with Gasteiger partial charge in [-0.2, -0.15) is 5.10 Å². The number of carbonyl (C=O) groups excluding carboxylic acids is 1. The molecule has 2 heterocycles. The van der Waals surface area contributed by atoms with E-state index in [4.69, 9.17) is 0 Å². The van der Waals surface area contributed by atoms with Crippen molar-refractivity contribution in [2.45, 2.75) is 32.9 Å². The molecule has 0 radical (unpaired) electrons. The van der Waals surface area contributed by atoms with Crippen molar-refractivity contribution in [1.82, 2.24) is 20.1 Å². The number of aryl methyl sites for hydroxylation is 1. The molecule has 0 aliphatic heterocycles. The zero-order chi connectivity index (χ0) is 14.5. The average molecular weight is 276 g/mol. The van der Waals surface area contributed by atoms with Crippen LogP contribution in [-0.2, 0) is 17.8 Å². The van der Waals surface area contributed by atoms with Gasteiger partial charge in [-0.15, -0.1) is 0 Å². The Bertz CT molecular complexity index is 596. The smallest absolute Gasteiger partial charge is 0.225 e. The van der Waals surface area contributed by atoms with Gasteiger partial charge in [-0.3, -0.25) is 14.5 Å². The number of aromatic nitrogens is 3. The first-order valence-corrected chi connectivity index (χ1v) is 6.49. The summed E-state index contributed by atoms with van der Waals surface area (Å²) in [6, 6.07) is 1.08. The average Bonchev–Trinajstić information content (AvgIpc) is 2.86. The van der Waals surface area contributed by atoms with Crippen LogP contribution in [0.25, 0.3) is 0 Å². The lowest BCUT2D eigenvalue weighted by Gasteiger charge is -2.13. The van der Waals surface area contributed by atoms with E-state index >= 15 is 0 Å². The highest BCUT2D eigenvalue weighted by Crippen LogP contribution is 2.12. The fourth-order valence-corrected chi connectivity index (χ4v) is 1.90. The lowest BCUT2D eigenvalue weighted by molar-refractivity contribution is -0.121. The van der Waals surface area contributed by atoms with E-state index in [0.717, 1.165) is 18.3 Å². The van der Waals surface area contributed by atoms with Gasteiger partial charge in [0.2, 0.25) is 5.91 Å². The Hall–Kier alpha value is -2.24. The number of carbonyl (C=O) groups is 1. The van der Waals surface area contributed by atoms with Crippen molar-refractivity contribution in [3.05, 3.63) is 47.8 Å². The molecule has 2 aromatic rings. The second-order valence-electron chi connectivity index (χ2n) is 4.61. The largest absolute Gasteiger partial charge is 0.349 e. The molecule has 0 aliphatic carbocycles. The van der Waals surface area contributed by atoms with Crippen molar-refractivity contribution >= 4 is 5.91 Å². The van der Waals surface area contributed by atoms with E-state index in [1.807, 2.05) is 13.1 Å². The van der Waals surface area contributed by atoms with Crippen LogP contribution in [0.1, 0.15) is 31.0 Å². The normalized spacial score (nSPS) is 12.2. The number of hydrogen-bond donors (Lipinski definition) is 1. The fraction of sp³-hybridized carbons (Fsp3) is 0.357. The number of rotatable bonds is 5. The topological polar surface area (TPSA) is 59.8 Å². The first kappa shape index (κ1) is 14.2. The van der Waals surface area contributed by atoms with E-state index in [1.165, 1.54) is 6.07 Å². The van der Waals surface area contributed by atoms with Gasteiger partial charge >= 0.3 is 0 Å². The lowest BCUT2D eigenvalue weighted by atomic mass is 10.1. The van der Waals surface area contributed by atoms with Crippen LogP contribution in [-0.4, -0.2) is 20.7 Å². The van der Waals surface area contributed by atoms with Crippen LogP contribution in [0.15, 0.2) is 30.9 Å². The lowest BCUT2D eigenvalue weighted by Crippen LogP contribution is -2.28. The Morgan fingerprint density at radius 3 is 2.90 bits per heavy atom.